The van der Waals surface area contributed by atoms with Crippen LogP contribution in [0.4, 0.5) is 4.79 Å². The van der Waals surface area contributed by atoms with Crippen molar-refractivity contribution in [2.75, 3.05) is 6.61 Å². The monoisotopic (exact) mass is 437 g/mol. The Balaban J connectivity index is 1.40. The average Bonchev–Trinajstić information content (AvgIpc) is 3.16. The molecule has 0 aromatic heterocycles. The zero-order valence-electron chi connectivity index (χ0n) is 18.1. The predicted octanol–water partition coefficient (Wildman–Crippen LogP) is 5.68. The van der Waals surface area contributed by atoms with Gasteiger partial charge in [-0.05, 0) is 45.5 Å². The van der Waals surface area contributed by atoms with Crippen LogP contribution in [0.5, 0.6) is 0 Å². The van der Waals surface area contributed by atoms with E-state index in [4.69, 9.17) is 4.74 Å². The molecule has 33 heavy (non-hydrogen) atoms. The number of hydrogen-bond acceptors (Lipinski definition) is 3. The van der Waals surface area contributed by atoms with Crippen LogP contribution in [-0.4, -0.2) is 23.8 Å². The molecule has 0 bridgehead atoms. The molecule has 0 radical (unpaired) electrons. The van der Waals surface area contributed by atoms with Crippen molar-refractivity contribution in [2.45, 2.75) is 18.4 Å². The van der Waals surface area contributed by atoms with E-state index in [1.165, 1.54) is 6.92 Å². The number of nitrogens with one attached hydrogen (secondary N) is 1. The standard InChI is InChI=1S/C28H23NO4/c1-28(26(30)31,25-16-8-10-18-9-2-3-11-19(18)25)29-27(32)33-17-24-22-14-6-4-12-20(22)21-13-5-7-15-23(21)24/h2-16,24H,17H2,1H3,(H,29,32)(H,30,31). The van der Waals surface area contributed by atoms with Gasteiger partial charge >= 0.3 is 12.1 Å². The lowest BCUT2D eigenvalue weighted by Crippen LogP contribution is -2.50. The molecule has 1 aliphatic rings. The van der Waals surface area contributed by atoms with Crippen LogP contribution in [0.3, 0.4) is 0 Å². The minimum absolute atomic E-state index is 0.100. The molecular formula is C28H23NO4. The van der Waals surface area contributed by atoms with E-state index in [0.29, 0.717) is 5.56 Å². The van der Waals surface area contributed by atoms with Crippen molar-refractivity contribution < 1.29 is 19.4 Å². The van der Waals surface area contributed by atoms with E-state index in [0.717, 1.165) is 33.0 Å². The fraction of sp³-hybridized carbons (Fsp3) is 0.143. The second kappa shape index (κ2) is 8.10. The number of carboxylic acids is 1. The summed E-state index contributed by atoms with van der Waals surface area (Å²) >= 11 is 0. The fourth-order valence-corrected chi connectivity index (χ4v) is 4.74. The number of ether oxygens (including phenoxy) is 1. The molecule has 0 heterocycles. The first-order valence-electron chi connectivity index (χ1n) is 10.8. The predicted molar refractivity (Wildman–Crippen MR) is 127 cm³/mol. The SMILES string of the molecule is CC(NC(=O)OCC1c2ccccc2-c2ccccc21)(C(=O)O)c1cccc2ccccc12. The number of carbonyl (C=O) groups is 2. The van der Waals surface area contributed by atoms with Gasteiger partial charge < -0.3 is 15.2 Å². The number of rotatable bonds is 5. The second-order valence-corrected chi connectivity index (χ2v) is 8.41. The van der Waals surface area contributed by atoms with Crippen LogP contribution in [-0.2, 0) is 15.1 Å². The summed E-state index contributed by atoms with van der Waals surface area (Å²) in [4.78, 5) is 25.2. The Labute approximate surface area is 191 Å². The van der Waals surface area contributed by atoms with E-state index < -0.39 is 17.6 Å². The number of benzene rings is 4. The van der Waals surface area contributed by atoms with Gasteiger partial charge in [0.2, 0.25) is 0 Å². The van der Waals surface area contributed by atoms with Crippen molar-refractivity contribution in [3.63, 3.8) is 0 Å². The second-order valence-electron chi connectivity index (χ2n) is 8.41. The highest BCUT2D eigenvalue weighted by Crippen LogP contribution is 2.44. The molecule has 5 rings (SSSR count). The number of carboxylic acid groups (broad SMARTS) is 1. The molecule has 0 aliphatic heterocycles. The smallest absolute Gasteiger partial charge is 0.408 e. The Morgan fingerprint density at radius 1 is 0.848 bits per heavy atom. The minimum atomic E-state index is -1.65. The van der Waals surface area contributed by atoms with Crippen LogP contribution in [0.1, 0.15) is 29.5 Å². The van der Waals surface area contributed by atoms with Gasteiger partial charge in [0.15, 0.2) is 5.54 Å². The molecule has 5 heteroatoms. The molecule has 1 aliphatic carbocycles. The molecule has 0 fully saturated rings. The van der Waals surface area contributed by atoms with E-state index in [1.54, 1.807) is 12.1 Å². The Bertz CT molecular complexity index is 1330. The first-order chi connectivity index (χ1) is 16.0. The maximum absolute atomic E-state index is 12.9. The molecule has 4 aromatic rings. The Morgan fingerprint density at radius 2 is 1.42 bits per heavy atom. The molecule has 1 atom stereocenters. The minimum Gasteiger partial charge on any atom is -0.479 e. The number of alkyl carbamates (subject to hydrolysis) is 1. The molecule has 2 N–H and O–H groups in total. The van der Waals surface area contributed by atoms with Gasteiger partial charge in [-0.25, -0.2) is 9.59 Å². The number of aliphatic carboxylic acids is 1. The topological polar surface area (TPSA) is 75.6 Å². The molecule has 1 amide bonds. The van der Waals surface area contributed by atoms with E-state index >= 15 is 0 Å². The van der Waals surface area contributed by atoms with Crippen molar-refractivity contribution in [3.05, 3.63) is 108 Å². The summed E-state index contributed by atoms with van der Waals surface area (Å²) < 4.78 is 5.61. The summed E-state index contributed by atoms with van der Waals surface area (Å²) in [6, 6.07) is 29.1. The van der Waals surface area contributed by atoms with E-state index in [2.05, 4.69) is 17.4 Å². The number of carbonyl (C=O) groups excluding carboxylic acids is 1. The molecule has 164 valence electrons. The van der Waals surface area contributed by atoms with Crippen molar-refractivity contribution in [3.8, 4) is 11.1 Å². The summed E-state index contributed by atoms with van der Waals surface area (Å²) in [7, 11) is 0. The Morgan fingerprint density at radius 3 is 2.09 bits per heavy atom. The largest absolute Gasteiger partial charge is 0.479 e. The van der Waals surface area contributed by atoms with Crippen LogP contribution in [0.2, 0.25) is 0 Å². The van der Waals surface area contributed by atoms with Crippen LogP contribution >= 0.6 is 0 Å². The van der Waals surface area contributed by atoms with E-state index in [1.807, 2.05) is 66.7 Å². The first kappa shape index (κ1) is 20.8. The number of fused-ring (bicyclic) bond motifs is 4. The molecule has 5 nitrogen and oxygen atoms in total. The van der Waals surface area contributed by atoms with Gasteiger partial charge in [0.05, 0.1) is 0 Å². The van der Waals surface area contributed by atoms with Gasteiger partial charge in [0.1, 0.15) is 6.61 Å². The summed E-state index contributed by atoms with van der Waals surface area (Å²) in [6.45, 7) is 1.60. The van der Waals surface area contributed by atoms with Crippen molar-refractivity contribution in [1.82, 2.24) is 5.32 Å². The number of amides is 1. The van der Waals surface area contributed by atoms with Crippen LogP contribution in [0.15, 0.2) is 91.0 Å². The van der Waals surface area contributed by atoms with Gasteiger partial charge in [-0.15, -0.1) is 0 Å². The third-order valence-corrected chi connectivity index (χ3v) is 6.45. The van der Waals surface area contributed by atoms with Crippen LogP contribution < -0.4 is 5.32 Å². The van der Waals surface area contributed by atoms with E-state index in [9.17, 15) is 14.7 Å². The quantitative estimate of drug-likeness (QED) is 0.421. The van der Waals surface area contributed by atoms with Gasteiger partial charge in [-0.1, -0.05) is 91.0 Å². The molecule has 0 spiro atoms. The van der Waals surface area contributed by atoms with Crippen LogP contribution in [0, 0.1) is 0 Å². The third-order valence-electron chi connectivity index (χ3n) is 6.45. The lowest BCUT2D eigenvalue weighted by Gasteiger charge is -2.28. The number of hydrogen-bond donors (Lipinski definition) is 2. The highest BCUT2D eigenvalue weighted by Gasteiger charge is 2.39. The van der Waals surface area contributed by atoms with Crippen molar-refractivity contribution >= 4 is 22.8 Å². The molecule has 0 saturated heterocycles. The zero-order valence-corrected chi connectivity index (χ0v) is 18.1. The van der Waals surface area contributed by atoms with Gasteiger partial charge in [0, 0.05) is 5.92 Å². The summed E-state index contributed by atoms with van der Waals surface area (Å²) in [5.74, 6) is -1.26. The highest BCUT2D eigenvalue weighted by atomic mass is 16.5. The lowest BCUT2D eigenvalue weighted by molar-refractivity contribution is -0.144. The normalized spacial score (nSPS) is 14.2. The molecule has 0 saturated carbocycles. The molecule has 1 unspecified atom stereocenters. The maximum atomic E-state index is 12.9. The lowest BCUT2D eigenvalue weighted by atomic mass is 9.88. The van der Waals surface area contributed by atoms with Gasteiger partial charge in [-0.3, -0.25) is 0 Å². The van der Waals surface area contributed by atoms with Crippen molar-refractivity contribution in [1.29, 1.82) is 0 Å². The average molecular weight is 437 g/mol. The Kier molecular flexibility index (Phi) is 5.09. The summed E-state index contributed by atoms with van der Waals surface area (Å²) in [5.41, 5.74) is 3.31. The molecule has 4 aromatic carbocycles. The Hall–Kier alpha value is -4.12. The third kappa shape index (κ3) is 3.52. The zero-order chi connectivity index (χ0) is 23.0. The van der Waals surface area contributed by atoms with Gasteiger partial charge in [0.25, 0.3) is 0 Å². The fourth-order valence-electron chi connectivity index (χ4n) is 4.74. The summed E-state index contributed by atoms with van der Waals surface area (Å²) in [5, 5.41) is 14.3. The van der Waals surface area contributed by atoms with E-state index in [-0.39, 0.29) is 12.5 Å². The van der Waals surface area contributed by atoms with Gasteiger partial charge in [-0.2, -0.15) is 0 Å². The maximum Gasteiger partial charge on any atom is 0.408 e. The first-order valence-corrected chi connectivity index (χ1v) is 10.8. The molecular weight excluding hydrogens is 414 g/mol. The highest BCUT2D eigenvalue weighted by molar-refractivity contribution is 5.94. The van der Waals surface area contributed by atoms with Crippen molar-refractivity contribution in [2.24, 2.45) is 0 Å². The van der Waals surface area contributed by atoms with Crippen LogP contribution in [0.25, 0.3) is 21.9 Å². The summed E-state index contributed by atoms with van der Waals surface area (Å²) in [6.07, 6.45) is -0.769.